The van der Waals surface area contributed by atoms with Crippen molar-refractivity contribution in [3.05, 3.63) is 0 Å². The van der Waals surface area contributed by atoms with E-state index in [0.29, 0.717) is 12.1 Å². The van der Waals surface area contributed by atoms with Gasteiger partial charge in [0.05, 0.1) is 19.3 Å². The lowest BCUT2D eigenvalue weighted by atomic mass is 10.1. The summed E-state index contributed by atoms with van der Waals surface area (Å²) in [5.74, 6) is 0. The third-order valence-electron chi connectivity index (χ3n) is 3.88. The molecule has 0 amide bonds. The number of rotatable bonds is 5. The van der Waals surface area contributed by atoms with Crippen LogP contribution in [0, 0.1) is 0 Å². The lowest BCUT2D eigenvalue weighted by Crippen LogP contribution is -2.57. The Morgan fingerprint density at radius 2 is 1.88 bits per heavy atom. The standard InChI is InChI=1S/C12H27NO2Si/c1-10-11(9-13-10)14-7-8-15-16(5,6)12(2,3)4/h10-11,13H,7-9H2,1-6H3/t10-,11+/m1/s1. The van der Waals surface area contributed by atoms with Crippen molar-refractivity contribution in [1.82, 2.24) is 5.32 Å². The Labute approximate surface area is 101 Å². The van der Waals surface area contributed by atoms with Gasteiger partial charge in [0.15, 0.2) is 8.32 Å². The normalized spacial score (nSPS) is 26.6. The van der Waals surface area contributed by atoms with Gasteiger partial charge in [0.25, 0.3) is 0 Å². The second-order valence-corrected chi connectivity index (χ2v) is 11.0. The molecule has 0 spiro atoms. The molecule has 16 heavy (non-hydrogen) atoms. The fourth-order valence-corrected chi connectivity index (χ4v) is 2.39. The fourth-order valence-electron chi connectivity index (χ4n) is 1.37. The second kappa shape index (κ2) is 5.17. The average molecular weight is 245 g/mol. The first kappa shape index (κ1) is 14.2. The molecular formula is C12H27NO2Si. The van der Waals surface area contributed by atoms with Gasteiger partial charge < -0.3 is 14.5 Å². The molecule has 1 rings (SSSR count). The van der Waals surface area contributed by atoms with Crippen molar-refractivity contribution >= 4 is 8.32 Å². The second-order valence-electron chi connectivity index (χ2n) is 6.21. The minimum absolute atomic E-state index is 0.290. The molecule has 0 saturated carbocycles. The highest BCUT2D eigenvalue weighted by atomic mass is 28.4. The van der Waals surface area contributed by atoms with E-state index in [0.717, 1.165) is 19.8 Å². The molecule has 0 bridgehead atoms. The highest BCUT2D eigenvalue weighted by molar-refractivity contribution is 6.74. The molecule has 0 unspecified atom stereocenters. The maximum Gasteiger partial charge on any atom is 0.192 e. The summed E-state index contributed by atoms with van der Waals surface area (Å²) in [7, 11) is -1.58. The molecule has 1 saturated heterocycles. The summed E-state index contributed by atoms with van der Waals surface area (Å²) in [6.07, 6.45) is 0.392. The Morgan fingerprint density at radius 1 is 1.25 bits per heavy atom. The Balaban J connectivity index is 2.15. The lowest BCUT2D eigenvalue weighted by molar-refractivity contribution is -0.0245. The van der Waals surface area contributed by atoms with Crippen LogP contribution in [0.3, 0.4) is 0 Å². The molecule has 1 aliphatic heterocycles. The Hall–Kier alpha value is 0.0969. The first-order valence-electron chi connectivity index (χ1n) is 6.23. The predicted octanol–water partition coefficient (Wildman–Crippen LogP) is 2.39. The van der Waals surface area contributed by atoms with E-state index in [1.165, 1.54) is 0 Å². The van der Waals surface area contributed by atoms with Crippen LogP contribution in [0.5, 0.6) is 0 Å². The molecule has 4 heteroatoms. The molecule has 1 aliphatic rings. The van der Waals surface area contributed by atoms with Crippen molar-refractivity contribution < 1.29 is 9.16 Å². The molecule has 1 heterocycles. The van der Waals surface area contributed by atoms with Crippen LogP contribution in [0.15, 0.2) is 0 Å². The van der Waals surface area contributed by atoms with Crippen molar-refractivity contribution in [2.75, 3.05) is 19.8 Å². The van der Waals surface area contributed by atoms with E-state index in [1.54, 1.807) is 0 Å². The van der Waals surface area contributed by atoms with Gasteiger partial charge in [-0.3, -0.25) is 0 Å². The molecule has 0 aromatic carbocycles. The summed E-state index contributed by atoms with van der Waals surface area (Å²) >= 11 is 0. The third-order valence-corrected chi connectivity index (χ3v) is 8.42. The van der Waals surface area contributed by atoms with E-state index in [-0.39, 0.29) is 5.04 Å². The molecule has 0 radical (unpaired) electrons. The Kier molecular flexibility index (Phi) is 4.57. The number of nitrogens with one attached hydrogen (secondary N) is 1. The van der Waals surface area contributed by atoms with Crippen LogP contribution >= 0.6 is 0 Å². The maximum atomic E-state index is 6.04. The molecule has 0 aliphatic carbocycles. The van der Waals surface area contributed by atoms with Gasteiger partial charge in [-0.15, -0.1) is 0 Å². The van der Waals surface area contributed by atoms with E-state index in [1.807, 2.05) is 0 Å². The molecule has 1 N–H and O–H groups in total. The summed E-state index contributed by atoms with van der Waals surface area (Å²) in [5, 5.41) is 3.57. The van der Waals surface area contributed by atoms with E-state index in [4.69, 9.17) is 9.16 Å². The van der Waals surface area contributed by atoms with Gasteiger partial charge >= 0.3 is 0 Å². The minimum atomic E-state index is -1.58. The van der Waals surface area contributed by atoms with Crippen LogP contribution in [-0.2, 0) is 9.16 Å². The topological polar surface area (TPSA) is 30.5 Å². The summed E-state index contributed by atoms with van der Waals surface area (Å²) in [5.41, 5.74) is 0. The van der Waals surface area contributed by atoms with E-state index >= 15 is 0 Å². The van der Waals surface area contributed by atoms with Crippen molar-refractivity contribution in [2.24, 2.45) is 0 Å². The fraction of sp³-hybridized carbons (Fsp3) is 1.00. The van der Waals surface area contributed by atoms with Gasteiger partial charge in [0.2, 0.25) is 0 Å². The van der Waals surface area contributed by atoms with Gasteiger partial charge in [-0.2, -0.15) is 0 Å². The highest BCUT2D eigenvalue weighted by Gasteiger charge is 2.37. The van der Waals surface area contributed by atoms with Gasteiger partial charge in [-0.1, -0.05) is 20.8 Å². The predicted molar refractivity (Wildman–Crippen MR) is 70.4 cm³/mol. The summed E-state index contributed by atoms with van der Waals surface area (Å²) in [6, 6.07) is 0.507. The van der Waals surface area contributed by atoms with Crippen molar-refractivity contribution in [1.29, 1.82) is 0 Å². The van der Waals surface area contributed by atoms with Crippen molar-refractivity contribution in [3.63, 3.8) is 0 Å². The molecule has 3 nitrogen and oxygen atoms in total. The van der Waals surface area contributed by atoms with Crippen LogP contribution in [0.25, 0.3) is 0 Å². The van der Waals surface area contributed by atoms with Gasteiger partial charge in [-0.05, 0) is 25.1 Å². The third kappa shape index (κ3) is 3.55. The molecule has 96 valence electrons. The van der Waals surface area contributed by atoms with Crippen LogP contribution in [0.4, 0.5) is 0 Å². The van der Waals surface area contributed by atoms with Crippen LogP contribution < -0.4 is 5.32 Å². The summed E-state index contributed by atoms with van der Waals surface area (Å²) in [4.78, 5) is 0. The Morgan fingerprint density at radius 3 is 2.25 bits per heavy atom. The number of ether oxygens (including phenoxy) is 1. The zero-order chi connectivity index (χ0) is 12.4. The first-order valence-corrected chi connectivity index (χ1v) is 9.14. The molecule has 0 aromatic rings. The molecular weight excluding hydrogens is 218 g/mol. The van der Waals surface area contributed by atoms with Crippen LogP contribution in [-0.4, -0.2) is 40.2 Å². The number of hydrogen-bond donors (Lipinski definition) is 1. The summed E-state index contributed by atoms with van der Waals surface area (Å²) < 4.78 is 11.8. The van der Waals surface area contributed by atoms with Gasteiger partial charge in [0.1, 0.15) is 0 Å². The molecule has 1 fully saturated rings. The van der Waals surface area contributed by atoms with Crippen molar-refractivity contribution in [3.8, 4) is 0 Å². The number of hydrogen-bond acceptors (Lipinski definition) is 3. The quantitative estimate of drug-likeness (QED) is 0.596. The molecule has 2 atom stereocenters. The van der Waals surface area contributed by atoms with Crippen LogP contribution in [0.2, 0.25) is 18.1 Å². The lowest BCUT2D eigenvalue weighted by Gasteiger charge is -2.37. The first-order chi connectivity index (χ1) is 7.24. The zero-order valence-electron chi connectivity index (χ0n) is 11.6. The summed E-state index contributed by atoms with van der Waals surface area (Å²) in [6.45, 7) is 15.9. The maximum absolute atomic E-state index is 6.04. The van der Waals surface area contributed by atoms with Gasteiger partial charge in [0, 0.05) is 12.6 Å². The SMILES string of the molecule is C[C@H]1NC[C@@H]1OCCO[Si](C)(C)C(C)(C)C. The minimum Gasteiger partial charge on any atom is -0.414 e. The monoisotopic (exact) mass is 245 g/mol. The van der Waals surface area contributed by atoms with E-state index in [2.05, 4.69) is 46.1 Å². The largest absolute Gasteiger partial charge is 0.414 e. The highest BCUT2D eigenvalue weighted by Crippen LogP contribution is 2.36. The average Bonchev–Trinajstić information content (AvgIpc) is 2.13. The van der Waals surface area contributed by atoms with E-state index in [9.17, 15) is 0 Å². The van der Waals surface area contributed by atoms with Crippen molar-refractivity contribution in [2.45, 2.75) is 58.0 Å². The molecule has 0 aromatic heterocycles. The van der Waals surface area contributed by atoms with Gasteiger partial charge in [-0.25, -0.2) is 0 Å². The van der Waals surface area contributed by atoms with Crippen LogP contribution in [0.1, 0.15) is 27.7 Å². The van der Waals surface area contributed by atoms with E-state index < -0.39 is 8.32 Å². The zero-order valence-corrected chi connectivity index (χ0v) is 12.6. The Bertz CT molecular complexity index is 226. The smallest absolute Gasteiger partial charge is 0.192 e.